The van der Waals surface area contributed by atoms with Gasteiger partial charge in [-0.15, -0.1) is 0 Å². The highest BCUT2D eigenvalue weighted by atomic mass is 16.5. The van der Waals surface area contributed by atoms with Crippen molar-refractivity contribution in [2.75, 3.05) is 11.9 Å². The second-order valence-electron chi connectivity index (χ2n) is 6.16. The summed E-state index contributed by atoms with van der Waals surface area (Å²) >= 11 is 0. The summed E-state index contributed by atoms with van der Waals surface area (Å²) in [6.45, 7) is 0.571. The second-order valence-corrected chi connectivity index (χ2v) is 6.16. The van der Waals surface area contributed by atoms with Crippen molar-refractivity contribution < 1.29 is 9.53 Å². The molecule has 0 bridgehead atoms. The number of carbonyl (C=O) groups is 1. The number of amides is 1. The maximum atomic E-state index is 12.7. The molecule has 0 saturated carbocycles. The van der Waals surface area contributed by atoms with Gasteiger partial charge in [-0.3, -0.25) is 4.79 Å². The van der Waals surface area contributed by atoms with E-state index in [1.54, 1.807) is 0 Å². The van der Waals surface area contributed by atoms with E-state index in [1.165, 1.54) is 5.56 Å². The van der Waals surface area contributed by atoms with Crippen LogP contribution in [0.25, 0.3) is 11.1 Å². The molecule has 1 N–H and O–H groups in total. The van der Waals surface area contributed by atoms with E-state index in [1.807, 2.05) is 66.7 Å². The molecule has 3 aromatic carbocycles. The molecule has 3 aromatic rings. The molecule has 4 rings (SSSR count). The molecule has 1 heterocycles. The molecule has 3 heteroatoms. The quantitative estimate of drug-likeness (QED) is 0.745. The Morgan fingerprint density at radius 3 is 2.32 bits per heavy atom. The number of nitrogens with one attached hydrogen (secondary N) is 1. The number of para-hydroxylation sites is 1. The Bertz CT molecular complexity index is 872. The summed E-state index contributed by atoms with van der Waals surface area (Å²) in [6, 6.07) is 25.9. The Morgan fingerprint density at radius 2 is 1.52 bits per heavy atom. The highest BCUT2D eigenvalue weighted by Crippen LogP contribution is 2.34. The Hall–Kier alpha value is -3.07. The van der Waals surface area contributed by atoms with Crippen LogP contribution in [0.4, 0.5) is 5.69 Å². The van der Waals surface area contributed by atoms with Crippen LogP contribution in [0, 0.1) is 0 Å². The van der Waals surface area contributed by atoms with Crippen molar-refractivity contribution in [3.05, 3.63) is 84.4 Å². The number of anilines is 1. The van der Waals surface area contributed by atoms with Crippen LogP contribution in [0.1, 0.15) is 17.9 Å². The molecule has 0 radical (unpaired) electrons. The number of carbonyl (C=O) groups excluding carboxylic acids is 1. The Morgan fingerprint density at radius 1 is 0.840 bits per heavy atom. The van der Waals surface area contributed by atoms with E-state index in [0.29, 0.717) is 13.0 Å². The molecule has 1 amide bonds. The molecular weight excluding hydrogens is 310 g/mol. The van der Waals surface area contributed by atoms with Gasteiger partial charge in [-0.2, -0.15) is 0 Å². The maximum absolute atomic E-state index is 12.7. The largest absolute Gasteiger partial charge is 0.493 e. The van der Waals surface area contributed by atoms with E-state index in [4.69, 9.17) is 4.74 Å². The monoisotopic (exact) mass is 329 g/mol. The molecule has 0 aliphatic carbocycles. The molecular formula is C22H19NO2. The van der Waals surface area contributed by atoms with E-state index < -0.39 is 0 Å². The fraction of sp³-hybridized carbons (Fsp3) is 0.136. The van der Waals surface area contributed by atoms with E-state index in [2.05, 4.69) is 17.4 Å². The maximum Gasteiger partial charge on any atom is 0.232 e. The van der Waals surface area contributed by atoms with Gasteiger partial charge in [0.05, 0.1) is 12.5 Å². The molecule has 0 spiro atoms. The molecule has 1 aliphatic rings. The SMILES string of the molecule is O=C(Nc1ccc(-c2ccccc2)cc1)C1CCOc2ccccc21. The molecule has 25 heavy (non-hydrogen) atoms. The zero-order chi connectivity index (χ0) is 17.1. The molecule has 0 fully saturated rings. The van der Waals surface area contributed by atoms with Gasteiger partial charge in [-0.1, -0.05) is 60.7 Å². The number of ether oxygens (including phenoxy) is 1. The van der Waals surface area contributed by atoms with Gasteiger partial charge < -0.3 is 10.1 Å². The fourth-order valence-electron chi connectivity index (χ4n) is 3.22. The Labute approximate surface area is 147 Å². The van der Waals surface area contributed by atoms with Gasteiger partial charge in [-0.25, -0.2) is 0 Å². The van der Waals surface area contributed by atoms with Crippen LogP contribution in [0.15, 0.2) is 78.9 Å². The summed E-state index contributed by atoms with van der Waals surface area (Å²) in [6.07, 6.45) is 0.699. The van der Waals surface area contributed by atoms with Crippen molar-refractivity contribution in [2.24, 2.45) is 0 Å². The van der Waals surface area contributed by atoms with E-state index in [-0.39, 0.29) is 11.8 Å². The van der Waals surface area contributed by atoms with Gasteiger partial charge in [0.15, 0.2) is 0 Å². The topological polar surface area (TPSA) is 38.3 Å². The summed E-state index contributed by atoms with van der Waals surface area (Å²) in [5, 5.41) is 3.04. The standard InChI is InChI=1S/C22H19NO2/c24-22(20-14-15-25-21-9-5-4-8-19(20)21)23-18-12-10-17(11-13-18)16-6-2-1-3-7-16/h1-13,20H,14-15H2,(H,23,24). The Kier molecular flexibility index (Phi) is 4.21. The first-order valence-corrected chi connectivity index (χ1v) is 8.49. The summed E-state index contributed by atoms with van der Waals surface area (Å²) < 4.78 is 5.64. The van der Waals surface area contributed by atoms with Crippen molar-refractivity contribution in [1.29, 1.82) is 0 Å². The highest BCUT2D eigenvalue weighted by molar-refractivity contribution is 5.96. The van der Waals surface area contributed by atoms with Crippen LogP contribution >= 0.6 is 0 Å². The lowest BCUT2D eigenvalue weighted by molar-refractivity contribution is -0.118. The lowest BCUT2D eigenvalue weighted by Crippen LogP contribution is -2.26. The first kappa shape index (κ1) is 15.5. The van der Waals surface area contributed by atoms with Crippen LogP contribution in [0.3, 0.4) is 0 Å². The highest BCUT2D eigenvalue weighted by Gasteiger charge is 2.27. The molecule has 3 nitrogen and oxygen atoms in total. The third-order valence-electron chi connectivity index (χ3n) is 4.53. The lowest BCUT2D eigenvalue weighted by Gasteiger charge is -2.25. The summed E-state index contributed by atoms with van der Waals surface area (Å²) in [7, 11) is 0. The smallest absolute Gasteiger partial charge is 0.232 e. The second kappa shape index (κ2) is 6.81. The lowest BCUT2D eigenvalue weighted by atomic mass is 9.92. The van der Waals surface area contributed by atoms with Gasteiger partial charge in [0, 0.05) is 11.3 Å². The molecule has 1 unspecified atom stereocenters. The normalized spacial score (nSPS) is 15.8. The van der Waals surface area contributed by atoms with E-state index in [0.717, 1.165) is 22.6 Å². The average Bonchev–Trinajstić information content (AvgIpc) is 2.69. The van der Waals surface area contributed by atoms with Gasteiger partial charge in [0.25, 0.3) is 0 Å². The number of hydrogen-bond donors (Lipinski definition) is 1. The predicted molar refractivity (Wildman–Crippen MR) is 99.8 cm³/mol. The third-order valence-corrected chi connectivity index (χ3v) is 4.53. The minimum Gasteiger partial charge on any atom is -0.493 e. The number of rotatable bonds is 3. The molecule has 1 aliphatic heterocycles. The summed E-state index contributed by atoms with van der Waals surface area (Å²) in [4.78, 5) is 12.7. The first-order chi connectivity index (χ1) is 12.3. The van der Waals surface area contributed by atoms with Gasteiger partial charge in [0.1, 0.15) is 5.75 Å². The van der Waals surface area contributed by atoms with Gasteiger partial charge in [0.2, 0.25) is 5.91 Å². The minimum atomic E-state index is -0.168. The van der Waals surface area contributed by atoms with E-state index >= 15 is 0 Å². The van der Waals surface area contributed by atoms with Crippen LogP contribution in [-0.2, 0) is 4.79 Å². The van der Waals surface area contributed by atoms with Crippen LogP contribution < -0.4 is 10.1 Å². The zero-order valence-corrected chi connectivity index (χ0v) is 13.8. The predicted octanol–water partition coefficient (Wildman–Crippen LogP) is 4.86. The van der Waals surface area contributed by atoms with Crippen molar-refractivity contribution in [1.82, 2.24) is 0 Å². The van der Waals surface area contributed by atoms with Crippen LogP contribution in [0.5, 0.6) is 5.75 Å². The van der Waals surface area contributed by atoms with Gasteiger partial charge in [-0.05, 0) is 35.7 Å². The average molecular weight is 329 g/mol. The van der Waals surface area contributed by atoms with E-state index in [9.17, 15) is 4.79 Å². The van der Waals surface area contributed by atoms with Gasteiger partial charge >= 0.3 is 0 Å². The molecule has 1 atom stereocenters. The third kappa shape index (κ3) is 3.26. The summed E-state index contributed by atoms with van der Waals surface area (Å²) in [5.74, 6) is 0.662. The number of benzene rings is 3. The fourth-order valence-corrected chi connectivity index (χ4v) is 3.22. The molecule has 0 saturated heterocycles. The zero-order valence-electron chi connectivity index (χ0n) is 13.8. The first-order valence-electron chi connectivity index (χ1n) is 8.49. The van der Waals surface area contributed by atoms with Crippen LogP contribution in [0.2, 0.25) is 0 Å². The van der Waals surface area contributed by atoms with Crippen molar-refractivity contribution >= 4 is 11.6 Å². The number of fused-ring (bicyclic) bond motifs is 1. The van der Waals surface area contributed by atoms with Crippen molar-refractivity contribution in [3.8, 4) is 16.9 Å². The number of hydrogen-bond acceptors (Lipinski definition) is 2. The summed E-state index contributed by atoms with van der Waals surface area (Å²) in [5.41, 5.74) is 4.08. The molecule has 124 valence electrons. The molecule has 0 aromatic heterocycles. The Balaban J connectivity index is 1.50. The van der Waals surface area contributed by atoms with Crippen molar-refractivity contribution in [3.63, 3.8) is 0 Å². The van der Waals surface area contributed by atoms with Crippen molar-refractivity contribution in [2.45, 2.75) is 12.3 Å². The van der Waals surface area contributed by atoms with Crippen LogP contribution in [-0.4, -0.2) is 12.5 Å². The minimum absolute atomic E-state index is 0.0169.